The number of hydrogen-bond donors (Lipinski definition) is 2. The molecular weight excluding hydrogens is 240 g/mol. The van der Waals surface area contributed by atoms with Crippen LogP contribution in [0.3, 0.4) is 0 Å². The molecule has 4 heteroatoms. The molecule has 0 spiro atoms. The van der Waals surface area contributed by atoms with E-state index in [4.69, 9.17) is 0 Å². The first-order valence-corrected chi connectivity index (χ1v) is 7.00. The van der Waals surface area contributed by atoms with Crippen molar-refractivity contribution in [2.75, 3.05) is 19.6 Å². The second kappa shape index (κ2) is 5.31. The third kappa shape index (κ3) is 2.51. The number of benzene rings is 1. The molecule has 1 aromatic carbocycles. The van der Waals surface area contributed by atoms with Crippen LogP contribution in [0.4, 0.5) is 0 Å². The second-order valence-electron chi connectivity index (χ2n) is 5.48. The molecule has 2 fully saturated rings. The number of rotatable bonds is 3. The highest BCUT2D eigenvalue weighted by Gasteiger charge is 2.40. The van der Waals surface area contributed by atoms with E-state index in [2.05, 4.69) is 10.2 Å². The Balaban J connectivity index is 1.68. The molecule has 102 valence electrons. The first-order valence-electron chi connectivity index (χ1n) is 7.00. The highest BCUT2D eigenvalue weighted by molar-refractivity contribution is 5.82. The molecule has 3 atom stereocenters. The molecule has 2 N–H and O–H groups in total. The number of nitrogens with zero attached hydrogens (tertiary/aromatic N) is 1. The second-order valence-corrected chi connectivity index (χ2v) is 5.48. The fourth-order valence-corrected chi connectivity index (χ4v) is 3.27. The topological polar surface area (TPSA) is 52.6 Å². The van der Waals surface area contributed by atoms with Crippen molar-refractivity contribution >= 4 is 5.91 Å². The predicted molar refractivity (Wildman–Crippen MR) is 72.5 cm³/mol. The van der Waals surface area contributed by atoms with Gasteiger partial charge in [-0.15, -0.1) is 0 Å². The molecule has 3 unspecified atom stereocenters. The quantitative estimate of drug-likeness (QED) is 0.850. The van der Waals surface area contributed by atoms with Gasteiger partial charge in [0.1, 0.15) is 0 Å². The molecule has 0 bridgehead atoms. The van der Waals surface area contributed by atoms with Crippen molar-refractivity contribution in [3.05, 3.63) is 35.9 Å². The first-order chi connectivity index (χ1) is 9.25. The molecule has 19 heavy (non-hydrogen) atoms. The van der Waals surface area contributed by atoms with Crippen LogP contribution in [0, 0.1) is 5.92 Å². The molecule has 3 rings (SSSR count). The van der Waals surface area contributed by atoms with Gasteiger partial charge in [0, 0.05) is 19.1 Å². The molecule has 0 saturated carbocycles. The lowest BCUT2D eigenvalue weighted by Crippen LogP contribution is -2.47. The summed E-state index contributed by atoms with van der Waals surface area (Å²) in [6.45, 7) is 2.31. The summed E-state index contributed by atoms with van der Waals surface area (Å²) < 4.78 is 0. The van der Waals surface area contributed by atoms with Gasteiger partial charge in [0.25, 0.3) is 0 Å². The number of likely N-dealkylation sites (tertiary alicyclic amines) is 1. The van der Waals surface area contributed by atoms with Crippen molar-refractivity contribution in [1.29, 1.82) is 0 Å². The van der Waals surface area contributed by atoms with Crippen molar-refractivity contribution in [2.45, 2.75) is 25.0 Å². The summed E-state index contributed by atoms with van der Waals surface area (Å²) in [7, 11) is 0. The van der Waals surface area contributed by atoms with Crippen LogP contribution in [-0.2, 0) is 4.79 Å². The predicted octanol–water partition coefficient (Wildman–Crippen LogP) is 0.930. The zero-order chi connectivity index (χ0) is 13.2. The van der Waals surface area contributed by atoms with E-state index < -0.39 is 6.10 Å². The normalized spacial score (nSPS) is 28.8. The van der Waals surface area contributed by atoms with E-state index >= 15 is 0 Å². The van der Waals surface area contributed by atoms with E-state index in [-0.39, 0.29) is 17.9 Å². The molecule has 2 heterocycles. The van der Waals surface area contributed by atoms with E-state index in [9.17, 15) is 9.90 Å². The van der Waals surface area contributed by atoms with Crippen LogP contribution in [0.15, 0.2) is 30.3 Å². The van der Waals surface area contributed by atoms with Crippen LogP contribution in [-0.4, -0.2) is 41.6 Å². The summed E-state index contributed by atoms with van der Waals surface area (Å²) in [5.41, 5.74) is 0.946. The molecule has 0 radical (unpaired) electrons. The molecule has 2 aliphatic heterocycles. The van der Waals surface area contributed by atoms with Gasteiger partial charge in [-0.05, 0) is 24.9 Å². The molecule has 1 amide bonds. The zero-order valence-electron chi connectivity index (χ0n) is 11.0. The molecule has 1 aromatic rings. The number of hydrogen-bond acceptors (Lipinski definition) is 3. The smallest absolute Gasteiger partial charge is 0.224 e. The Hall–Kier alpha value is -1.39. The number of carbonyl (C=O) groups is 1. The van der Waals surface area contributed by atoms with Crippen molar-refractivity contribution in [1.82, 2.24) is 10.2 Å². The van der Waals surface area contributed by atoms with E-state index in [1.54, 1.807) is 0 Å². The summed E-state index contributed by atoms with van der Waals surface area (Å²) in [4.78, 5) is 14.0. The third-order valence-corrected chi connectivity index (χ3v) is 4.31. The SMILES string of the molecule is O=C1NCC2C1CCCN2CC(O)c1ccccc1. The van der Waals surface area contributed by atoms with Gasteiger partial charge in [-0.1, -0.05) is 30.3 Å². The van der Waals surface area contributed by atoms with Crippen LogP contribution in [0.2, 0.25) is 0 Å². The molecule has 2 aliphatic rings. The average molecular weight is 260 g/mol. The molecular formula is C15H20N2O2. The Morgan fingerprint density at radius 3 is 2.95 bits per heavy atom. The van der Waals surface area contributed by atoms with Gasteiger partial charge in [0.2, 0.25) is 5.91 Å². The van der Waals surface area contributed by atoms with Gasteiger partial charge in [-0.3, -0.25) is 9.69 Å². The van der Waals surface area contributed by atoms with Gasteiger partial charge >= 0.3 is 0 Å². The monoisotopic (exact) mass is 260 g/mol. The minimum Gasteiger partial charge on any atom is -0.387 e. The van der Waals surface area contributed by atoms with Crippen molar-refractivity contribution in [3.63, 3.8) is 0 Å². The van der Waals surface area contributed by atoms with Gasteiger partial charge in [0.15, 0.2) is 0 Å². The summed E-state index contributed by atoms with van der Waals surface area (Å²) >= 11 is 0. The number of aliphatic hydroxyl groups excluding tert-OH is 1. The molecule has 0 aromatic heterocycles. The third-order valence-electron chi connectivity index (χ3n) is 4.31. The van der Waals surface area contributed by atoms with Crippen LogP contribution in [0.25, 0.3) is 0 Å². The van der Waals surface area contributed by atoms with E-state index in [1.165, 1.54) is 0 Å². The number of piperidine rings is 1. The van der Waals surface area contributed by atoms with Gasteiger partial charge in [-0.25, -0.2) is 0 Å². The van der Waals surface area contributed by atoms with E-state index in [0.717, 1.165) is 31.5 Å². The fourth-order valence-electron chi connectivity index (χ4n) is 3.27. The zero-order valence-corrected chi connectivity index (χ0v) is 11.0. The van der Waals surface area contributed by atoms with Crippen LogP contribution >= 0.6 is 0 Å². The van der Waals surface area contributed by atoms with Gasteiger partial charge < -0.3 is 10.4 Å². The number of β-amino-alcohol motifs (C(OH)–C–C–N with tert-alkyl or cyclic N) is 1. The Morgan fingerprint density at radius 2 is 2.16 bits per heavy atom. The number of nitrogens with one attached hydrogen (secondary N) is 1. The number of carbonyl (C=O) groups excluding carboxylic acids is 1. The maximum Gasteiger partial charge on any atom is 0.224 e. The molecule has 2 saturated heterocycles. The van der Waals surface area contributed by atoms with E-state index in [1.807, 2.05) is 30.3 Å². The maximum absolute atomic E-state index is 11.7. The summed E-state index contributed by atoms with van der Waals surface area (Å²) in [5.74, 6) is 0.306. The van der Waals surface area contributed by atoms with Crippen molar-refractivity contribution in [2.24, 2.45) is 5.92 Å². The Morgan fingerprint density at radius 1 is 1.37 bits per heavy atom. The van der Waals surface area contributed by atoms with Crippen molar-refractivity contribution in [3.8, 4) is 0 Å². The summed E-state index contributed by atoms with van der Waals surface area (Å²) in [5, 5.41) is 13.3. The highest BCUT2D eigenvalue weighted by Crippen LogP contribution is 2.28. The fraction of sp³-hybridized carbons (Fsp3) is 0.533. The largest absolute Gasteiger partial charge is 0.387 e. The van der Waals surface area contributed by atoms with E-state index in [0.29, 0.717) is 6.54 Å². The first kappa shape index (κ1) is 12.6. The standard InChI is InChI=1S/C15H20N2O2/c18-14(11-5-2-1-3-6-11)10-17-8-4-7-12-13(17)9-16-15(12)19/h1-3,5-6,12-14,18H,4,7-10H2,(H,16,19). The van der Waals surface area contributed by atoms with Crippen LogP contribution < -0.4 is 5.32 Å². The maximum atomic E-state index is 11.7. The minimum atomic E-state index is -0.476. The van der Waals surface area contributed by atoms with Gasteiger partial charge in [-0.2, -0.15) is 0 Å². The Kier molecular flexibility index (Phi) is 3.53. The average Bonchev–Trinajstić information content (AvgIpc) is 2.83. The van der Waals surface area contributed by atoms with Crippen molar-refractivity contribution < 1.29 is 9.90 Å². The van der Waals surface area contributed by atoms with Crippen LogP contribution in [0.1, 0.15) is 24.5 Å². The number of amides is 1. The summed E-state index contributed by atoms with van der Waals surface area (Å²) in [6, 6.07) is 10.00. The van der Waals surface area contributed by atoms with Gasteiger partial charge in [0.05, 0.1) is 12.0 Å². The lowest BCUT2D eigenvalue weighted by atomic mass is 9.91. The Bertz CT molecular complexity index is 449. The number of aliphatic hydroxyl groups is 1. The minimum absolute atomic E-state index is 0.122. The molecule has 4 nitrogen and oxygen atoms in total. The highest BCUT2D eigenvalue weighted by atomic mass is 16.3. The number of fused-ring (bicyclic) bond motifs is 1. The lowest BCUT2D eigenvalue weighted by Gasteiger charge is -2.37. The Labute approximate surface area is 113 Å². The van der Waals surface area contributed by atoms with Crippen LogP contribution in [0.5, 0.6) is 0 Å². The molecule has 0 aliphatic carbocycles. The lowest BCUT2D eigenvalue weighted by molar-refractivity contribution is -0.124. The summed E-state index contributed by atoms with van der Waals surface area (Å²) in [6.07, 6.45) is 1.54.